The number of carboxylic acid groups (broad SMARTS) is 1. The molecule has 1 aromatic carbocycles. The largest absolute Gasteiger partial charge is 0.481 e. The second-order valence-corrected chi connectivity index (χ2v) is 5.57. The highest BCUT2D eigenvalue weighted by Gasteiger charge is 2.24. The topological polar surface area (TPSA) is 75.1 Å². The lowest BCUT2D eigenvalue weighted by atomic mass is 9.81. The van der Waals surface area contributed by atoms with Gasteiger partial charge < -0.3 is 10.1 Å². The first-order valence-electron chi connectivity index (χ1n) is 6.41. The normalized spacial score (nSPS) is 11.6. The third-order valence-corrected chi connectivity index (χ3v) is 3.46. The Morgan fingerprint density at radius 1 is 1.30 bits per heavy atom. The summed E-state index contributed by atoms with van der Waals surface area (Å²) in [5.74, 6) is -0.822. The highest BCUT2D eigenvalue weighted by atomic mass is 16.4. The lowest BCUT2D eigenvalue weighted by Crippen LogP contribution is -2.22. The third-order valence-electron chi connectivity index (χ3n) is 3.46. The number of aromatic amines is 1. The van der Waals surface area contributed by atoms with Gasteiger partial charge in [-0.25, -0.2) is 4.79 Å². The average molecular weight is 274 g/mol. The van der Waals surface area contributed by atoms with E-state index in [4.69, 9.17) is 5.11 Å². The monoisotopic (exact) mass is 274 g/mol. The number of carboxylic acids is 1. The average Bonchev–Trinajstić information content (AvgIpc) is 2.68. The van der Waals surface area contributed by atoms with Crippen LogP contribution in [-0.2, 0) is 10.2 Å². The van der Waals surface area contributed by atoms with Crippen molar-refractivity contribution in [3.63, 3.8) is 0 Å². The van der Waals surface area contributed by atoms with Crippen LogP contribution in [-0.4, -0.2) is 20.6 Å². The molecule has 0 atom stereocenters. The van der Waals surface area contributed by atoms with Crippen LogP contribution in [0, 0.1) is 6.92 Å². The Balaban J connectivity index is 2.36. The van der Waals surface area contributed by atoms with Gasteiger partial charge in [0.25, 0.3) is 0 Å². The molecular formula is C15H18N2O3. The number of carbonyl (C=O) groups is 1. The maximum Gasteiger partial charge on any atom is 0.330 e. The zero-order valence-corrected chi connectivity index (χ0v) is 11.8. The van der Waals surface area contributed by atoms with E-state index in [0.717, 1.165) is 16.9 Å². The molecule has 0 aliphatic rings. The molecule has 1 heterocycles. The van der Waals surface area contributed by atoms with Crippen LogP contribution in [0.4, 0.5) is 0 Å². The van der Waals surface area contributed by atoms with Gasteiger partial charge in [-0.05, 0) is 24.6 Å². The lowest BCUT2D eigenvalue weighted by Gasteiger charge is -2.23. The standard InChI is InChI=1S/C15H18N2O3/c1-10-9-16-14(20)17(10)12-6-4-11(5-7-12)15(2,3)8-13(18)19/h4-7,9H,8H2,1-3H3,(H,16,20)(H,18,19). The molecule has 0 bridgehead atoms. The molecule has 0 unspecified atom stereocenters. The maximum atomic E-state index is 11.7. The van der Waals surface area contributed by atoms with Crippen molar-refractivity contribution >= 4 is 5.97 Å². The summed E-state index contributed by atoms with van der Waals surface area (Å²) in [4.78, 5) is 25.2. The Kier molecular flexibility index (Phi) is 3.53. The molecule has 0 aliphatic heterocycles. The quantitative estimate of drug-likeness (QED) is 0.897. The van der Waals surface area contributed by atoms with Gasteiger partial charge in [-0.1, -0.05) is 26.0 Å². The van der Waals surface area contributed by atoms with Crippen LogP contribution in [0.1, 0.15) is 31.5 Å². The first kappa shape index (κ1) is 14.1. The first-order chi connectivity index (χ1) is 9.31. The van der Waals surface area contributed by atoms with Gasteiger partial charge in [0.15, 0.2) is 0 Å². The van der Waals surface area contributed by atoms with Crippen molar-refractivity contribution in [2.24, 2.45) is 0 Å². The summed E-state index contributed by atoms with van der Waals surface area (Å²) in [5.41, 5.74) is 1.91. The van der Waals surface area contributed by atoms with E-state index in [2.05, 4.69) is 4.98 Å². The number of aliphatic carboxylic acids is 1. The number of aryl methyl sites for hydroxylation is 1. The van der Waals surface area contributed by atoms with Crippen molar-refractivity contribution in [3.05, 3.63) is 52.2 Å². The predicted molar refractivity (Wildman–Crippen MR) is 76.4 cm³/mol. The number of aromatic nitrogens is 2. The van der Waals surface area contributed by atoms with Gasteiger partial charge in [-0.3, -0.25) is 9.36 Å². The number of H-pyrrole nitrogens is 1. The number of benzene rings is 1. The predicted octanol–water partition coefficient (Wildman–Crippen LogP) is 2.23. The van der Waals surface area contributed by atoms with Crippen LogP contribution in [0.2, 0.25) is 0 Å². The Hall–Kier alpha value is -2.30. The van der Waals surface area contributed by atoms with Crippen LogP contribution in [0.15, 0.2) is 35.3 Å². The summed E-state index contributed by atoms with van der Waals surface area (Å²) in [7, 11) is 0. The Bertz CT molecular complexity index is 678. The Morgan fingerprint density at radius 3 is 2.35 bits per heavy atom. The van der Waals surface area contributed by atoms with Crippen LogP contribution < -0.4 is 5.69 Å². The van der Waals surface area contributed by atoms with E-state index in [-0.39, 0.29) is 12.1 Å². The van der Waals surface area contributed by atoms with Crippen molar-refractivity contribution in [1.29, 1.82) is 0 Å². The van der Waals surface area contributed by atoms with Gasteiger partial charge in [0.2, 0.25) is 0 Å². The lowest BCUT2D eigenvalue weighted by molar-refractivity contribution is -0.138. The minimum Gasteiger partial charge on any atom is -0.481 e. The highest BCUT2D eigenvalue weighted by molar-refractivity contribution is 5.69. The Labute approximate surface area is 116 Å². The molecule has 0 saturated heterocycles. The van der Waals surface area contributed by atoms with Crippen molar-refractivity contribution in [3.8, 4) is 5.69 Å². The van der Waals surface area contributed by atoms with E-state index in [0.29, 0.717) is 0 Å². The van der Waals surface area contributed by atoms with Gasteiger partial charge in [-0.15, -0.1) is 0 Å². The molecule has 2 rings (SSSR count). The molecule has 2 aromatic rings. The first-order valence-corrected chi connectivity index (χ1v) is 6.41. The molecule has 0 aliphatic carbocycles. The van der Waals surface area contributed by atoms with E-state index >= 15 is 0 Å². The summed E-state index contributed by atoms with van der Waals surface area (Å²) in [6.45, 7) is 5.63. The molecule has 0 fully saturated rings. The molecule has 0 amide bonds. The molecule has 2 N–H and O–H groups in total. The van der Waals surface area contributed by atoms with Gasteiger partial charge in [-0.2, -0.15) is 0 Å². The minimum absolute atomic E-state index is 0.0650. The number of rotatable bonds is 4. The van der Waals surface area contributed by atoms with E-state index in [1.165, 1.54) is 0 Å². The van der Waals surface area contributed by atoms with E-state index in [1.807, 2.05) is 45.0 Å². The Morgan fingerprint density at radius 2 is 1.90 bits per heavy atom. The van der Waals surface area contributed by atoms with Gasteiger partial charge in [0.05, 0.1) is 12.1 Å². The van der Waals surface area contributed by atoms with Crippen molar-refractivity contribution in [2.75, 3.05) is 0 Å². The minimum atomic E-state index is -0.822. The number of hydrogen-bond donors (Lipinski definition) is 2. The molecule has 0 radical (unpaired) electrons. The second-order valence-electron chi connectivity index (χ2n) is 5.57. The molecule has 5 nitrogen and oxygen atoms in total. The van der Waals surface area contributed by atoms with Gasteiger partial charge in [0.1, 0.15) is 0 Å². The number of hydrogen-bond acceptors (Lipinski definition) is 2. The summed E-state index contributed by atoms with van der Waals surface area (Å²) >= 11 is 0. The van der Waals surface area contributed by atoms with Crippen LogP contribution in [0.3, 0.4) is 0 Å². The highest BCUT2D eigenvalue weighted by Crippen LogP contribution is 2.27. The summed E-state index contributed by atoms with van der Waals surface area (Å²) < 4.78 is 1.58. The fourth-order valence-corrected chi connectivity index (χ4v) is 2.32. The summed E-state index contributed by atoms with van der Waals surface area (Å²) in [6, 6.07) is 7.41. The zero-order chi connectivity index (χ0) is 14.9. The third kappa shape index (κ3) is 2.66. The van der Waals surface area contributed by atoms with Gasteiger partial charge in [0, 0.05) is 17.3 Å². The summed E-state index contributed by atoms with van der Waals surface area (Å²) in [6.07, 6.45) is 1.72. The molecular weight excluding hydrogens is 256 g/mol. The summed E-state index contributed by atoms with van der Waals surface area (Å²) in [5, 5.41) is 8.94. The molecule has 20 heavy (non-hydrogen) atoms. The van der Waals surface area contributed by atoms with Crippen LogP contribution in [0.25, 0.3) is 5.69 Å². The number of nitrogens with zero attached hydrogens (tertiary/aromatic N) is 1. The molecule has 0 saturated carbocycles. The molecule has 5 heteroatoms. The fraction of sp³-hybridized carbons (Fsp3) is 0.333. The van der Waals surface area contributed by atoms with E-state index in [9.17, 15) is 9.59 Å². The van der Waals surface area contributed by atoms with Crippen LogP contribution >= 0.6 is 0 Å². The number of nitrogens with one attached hydrogen (secondary N) is 1. The second kappa shape index (κ2) is 5.00. The van der Waals surface area contributed by atoms with Crippen molar-refractivity contribution in [1.82, 2.24) is 9.55 Å². The van der Waals surface area contributed by atoms with Gasteiger partial charge >= 0.3 is 11.7 Å². The van der Waals surface area contributed by atoms with Crippen LogP contribution in [0.5, 0.6) is 0 Å². The smallest absolute Gasteiger partial charge is 0.330 e. The molecule has 0 spiro atoms. The fourth-order valence-electron chi connectivity index (χ4n) is 2.32. The van der Waals surface area contributed by atoms with E-state index < -0.39 is 11.4 Å². The van der Waals surface area contributed by atoms with Crippen molar-refractivity contribution < 1.29 is 9.90 Å². The van der Waals surface area contributed by atoms with Crippen molar-refractivity contribution in [2.45, 2.75) is 32.6 Å². The number of imidazole rings is 1. The molecule has 1 aromatic heterocycles. The maximum absolute atomic E-state index is 11.7. The SMILES string of the molecule is Cc1c[nH]c(=O)n1-c1ccc(C(C)(C)CC(=O)O)cc1. The molecule has 106 valence electrons. The zero-order valence-electron chi connectivity index (χ0n) is 11.8. The van der Waals surface area contributed by atoms with E-state index in [1.54, 1.807) is 10.8 Å².